The van der Waals surface area contributed by atoms with Gasteiger partial charge in [-0.1, -0.05) is 36.4 Å². The Balaban J connectivity index is 1.81. The van der Waals surface area contributed by atoms with Crippen molar-refractivity contribution in [1.82, 2.24) is 9.55 Å². The monoisotopic (exact) mass is 382 g/mol. The molecule has 5 nitrogen and oxygen atoms in total. The normalized spacial score (nSPS) is 12.3. The second kappa shape index (κ2) is 6.63. The first-order chi connectivity index (χ1) is 14.1. The van der Waals surface area contributed by atoms with Crippen LogP contribution in [-0.4, -0.2) is 25.7 Å². The second-order valence-electron chi connectivity index (χ2n) is 7.11. The van der Waals surface area contributed by atoms with Gasteiger partial charge in [0.2, 0.25) is 0 Å². The first-order valence-corrected chi connectivity index (χ1v) is 9.44. The van der Waals surface area contributed by atoms with Crippen LogP contribution in [0.4, 0.5) is 0 Å². The molecule has 2 aromatic heterocycles. The van der Waals surface area contributed by atoms with Crippen molar-refractivity contribution in [3.63, 3.8) is 0 Å². The van der Waals surface area contributed by atoms with E-state index in [9.17, 15) is 15.0 Å². The van der Waals surface area contributed by atoms with Gasteiger partial charge >= 0.3 is 5.97 Å². The molecule has 2 N–H and O–H groups in total. The molecular weight excluding hydrogens is 364 g/mol. The molecular formula is C24H18N2O3. The molecule has 0 bridgehead atoms. The van der Waals surface area contributed by atoms with E-state index >= 15 is 0 Å². The summed E-state index contributed by atoms with van der Waals surface area (Å²) in [6, 6.07) is 20.9. The standard InChI is InChI=1S/C24H18N2O3/c27-22-11-9-17(13-19(22)24(28)29)26-20-10-8-16-7-4-12-25-23(16)18(20)14-21(26)15-5-2-1-3-6-15/h1-7,9,11-14,27H,8,10H2,(H,28,29). The zero-order valence-corrected chi connectivity index (χ0v) is 15.5. The minimum atomic E-state index is -1.15. The van der Waals surface area contributed by atoms with E-state index in [0.717, 1.165) is 41.1 Å². The molecule has 0 saturated heterocycles. The molecule has 29 heavy (non-hydrogen) atoms. The summed E-state index contributed by atoms with van der Waals surface area (Å²) in [7, 11) is 0. The van der Waals surface area contributed by atoms with E-state index in [1.54, 1.807) is 12.3 Å². The predicted molar refractivity (Wildman–Crippen MR) is 110 cm³/mol. The second-order valence-corrected chi connectivity index (χ2v) is 7.11. The van der Waals surface area contributed by atoms with Gasteiger partial charge in [-0.3, -0.25) is 4.98 Å². The minimum absolute atomic E-state index is 0.113. The molecule has 0 spiro atoms. The molecule has 0 amide bonds. The third-order valence-corrected chi connectivity index (χ3v) is 5.42. The summed E-state index contributed by atoms with van der Waals surface area (Å²) in [6.07, 6.45) is 3.50. The smallest absolute Gasteiger partial charge is 0.339 e. The Morgan fingerprint density at radius 2 is 1.79 bits per heavy atom. The first-order valence-electron chi connectivity index (χ1n) is 9.44. The van der Waals surface area contributed by atoms with Crippen LogP contribution in [0.15, 0.2) is 72.9 Å². The highest BCUT2D eigenvalue weighted by atomic mass is 16.4. The number of phenols is 1. The highest BCUT2D eigenvalue weighted by Gasteiger charge is 2.25. The van der Waals surface area contributed by atoms with Crippen LogP contribution in [0.2, 0.25) is 0 Å². The molecule has 0 fully saturated rings. The van der Waals surface area contributed by atoms with Crippen molar-refractivity contribution in [2.75, 3.05) is 0 Å². The fraction of sp³-hybridized carbons (Fsp3) is 0.0833. The fourth-order valence-electron chi connectivity index (χ4n) is 4.09. The highest BCUT2D eigenvalue weighted by Crippen LogP contribution is 2.40. The van der Waals surface area contributed by atoms with Crippen molar-refractivity contribution in [2.24, 2.45) is 0 Å². The molecule has 2 heterocycles. The number of carbonyl (C=O) groups is 1. The van der Waals surface area contributed by atoms with Gasteiger partial charge in [0.25, 0.3) is 0 Å². The summed E-state index contributed by atoms with van der Waals surface area (Å²) in [4.78, 5) is 16.2. The topological polar surface area (TPSA) is 75.3 Å². The largest absolute Gasteiger partial charge is 0.507 e. The number of nitrogens with zero attached hydrogens (tertiary/aromatic N) is 2. The van der Waals surface area contributed by atoms with Crippen molar-refractivity contribution in [2.45, 2.75) is 12.8 Å². The van der Waals surface area contributed by atoms with Crippen molar-refractivity contribution >= 4 is 5.97 Å². The molecule has 5 heteroatoms. The Morgan fingerprint density at radius 3 is 2.59 bits per heavy atom. The van der Waals surface area contributed by atoms with Crippen molar-refractivity contribution in [3.05, 3.63) is 89.7 Å². The number of fused-ring (bicyclic) bond motifs is 3. The van der Waals surface area contributed by atoms with E-state index in [2.05, 4.69) is 21.7 Å². The number of benzene rings is 2. The Bertz CT molecular complexity index is 1240. The Kier molecular flexibility index (Phi) is 3.95. The van der Waals surface area contributed by atoms with E-state index in [0.29, 0.717) is 5.69 Å². The maximum absolute atomic E-state index is 11.6. The lowest BCUT2D eigenvalue weighted by Crippen LogP contribution is -2.10. The summed E-state index contributed by atoms with van der Waals surface area (Å²) in [5, 5.41) is 19.4. The van der Waals surface area contributed by atoms with Crippen LogP contribution in [0.25, 0.3) is 28.2 Å². The lowest BCUT2D eigenvalue weighted by Gasteiger charge is -2.19. The van der Waals surface area contributed by atoms with Gasteiger partial charge in [0.1, 0.15) is 11.3 Å². The minimum Gasteiger partial charge on any atom is -0.507 e. The average molecular weight is 382 g/mol. The van der Waals surface area contributed by atoms with Crippen molar-refractivity contribution < 1.29 is 15.0 Å². The number of hydrogen-bond donors (Lipinski definition) is 2. The van der Waals surface area contributed by atoms with E-state index in [1.165, 1.54) is 17.7 Å². The number of carboxylic acids is 1. The van der Waals surface area contributed by atoms with Crippen LogP contribution in [0.1, 0.15) is 21.6 Å². The summed E-state index contributed by atoms with van der Waals surface area (Å²) in [5.74, 6) is -1.39. The Hall–Kier alpha value is -3.86. The summed E-state index contributed by atoms with van der Waals surface area (Å²) >= 11 is 0. The van der Waals surface area contributed by atoms with E-state index in [4.69, 9.17) is 0 Å². The van der Waals surface area contributed by atoms with Crippen LogP contribution < -0.4 is 0 Å². The number of aromatic carboxylic acids is 1. The molecule has 1 aliphatic carbocycles. The number of rotatable bonds is 3. The SMILES string of the molecule is O=C(O)c1cc(-n2c(-c3ccccc3)cc3c2CCc2cccnc2-3)ccc1O. The maximum Gasteiger partial charge on any atom is 0.339 e. The molecule has 5 rings (SSSR count). The van der Waals surface area contributed by atoms with Crippen molar-refractivity contribution in [3.8, 4) is 34.0 Å². The summed E-state index contributed by atoms with van der Waals surface area (Å²) in [6.45, 7) is 0. The van der Waals surface area contributed by atoms with Gasteiger partial charge in [-0.05, 0) is 54.3 Å². The van der Waals surface area contributed by atoms with E-state index in [1.807, 2.05) is 36.4 Å². The number of pyridine rings is 1. The van der Waals surface area contributed by atoms with Crippen LogP contribution in [0, 0.1) is 0 Å². The lowest BCUT2D eigenvalue weighted by molar-refractivity contribution is 0.0693. The van der Waals surface area contributed by atoms with Crippen LogP contribution in [0.5, 0.6) is 5.75 Å². The maximum atomic E-state index is 11.6. The molecule has 0 radical (unpaired) electrons. The zero-order valence-electron chi connectivity index (χ0n) is 15.5. The lowest BCUT2D eigenvalue weighted by atomic mass is 9.94. The summed E-state index contributed by atoms with van der Waals surface area (Å²) in [5.41, 5.74) is 6.95. The van der Waals surface area contributed by atoms with Gasteiger partial charge in [0.15, 0.2) is 0 Å². The molecule has 142 valence electrons. The van der Waals surface area contributed by atoms with Gasteiger partial charge in [0.05, 0.1) is 11.4 Å². The Labute approximate surface area is 167 Å². The predicted octanol–water partition coefficient (Wildman–Crippen LogP) is 4.71. The quantitative estimate of drug-likeness (QED) is 0.538. The number of aromatic hydroxyl groups is 1. The van der Waals surface area contributed by atoms with Gasteiger partial charge in [0, 0.05) is 23.1 Å². The average Bonchev–Trinajstić information content (AvgIpc) is 3.15. The molecule has 2 aromatic carbocycles. The van der Waals surface area contributed by atoms with Gasteiger partial charge in [-0.2, -0.15) is 0 Å². The first kappa shape index (κ1) is 17.3. The number of hydrogen-bond acceptors (Lipinski definition) is 3. The molecule has 4 aromatic rings. The van der Waals surface area contributed by atoms with E-state index < -0.39 is 5.97 Å². The highest BCUT2D eigenvalue weighted by molar-refractivity contribution is 5.91. The Morgan fingerprint density at radius 1 is 0.966 bits per heavy atom. The fourth-order valence-corrected chi connectivity index (χ4v) is 4.09. The number of carboxylic acid groups (broad SMARTS) is 1. The van der Waals surface area contributed by atoms with Gasteiger partial charge in [-0.15, -0.1) is 0 Å². The molecule has 0 aliphatic heterocycles. The molecule has 0 atom stereocenters. The summed E-state index contributed by atoms with van der Waals surface area (Å²) < 4.78 is 2.09. The third-order valence-electron chi connectivity index (χ3n) is 5.42. The number of aryl methyl sites for hydroxylation is 1. The van der Waals surface area contributed by atoms with Crippen LogP contribution in [0.3, 0.4) is 0 Å². The van der Waals surface area contributed by atoms with Crippen LogP contribution >= 0.6 is 0 Å². The number of aromatic nitrogens is 2. The molecule has 0 unspecified atom stereocenters. The molecule has 1 aliphatic rings. The zero-order chi connectivity index (χ0) is 20.0. The van der Waals surface area contributed by atoms with E-state index in [-0.39, 0.29) is 11.3 Å². The van der Waals surface area contributed by atoms with Gasteiger partial charge < -0.3 is 14.8 Å². The molecule has 0 saturated carbocycles. The van der Waals surface area contributed by atoms with Gasteiger partial charge in [-0.25, -0.2) is 4.79 Å². The van der Waals surface area contributed by atoms with Crippen LogP contribution in [-0.2, 0) is 12.8 Å². The van der Waals surface area contributed by atoms with Crippen molar-refractivity contribution in [1.29, 1.82) is 0 Å². The third kappa shape index (κ3) is 2.79.